The van der Waals surface area contributed by atoms with Crippen LogP contribution in [0.25, 0.3) is 0 Å². The fourth-order valence-electron chi connectivity index (χ4n) is 6.00. The van der Waals surface area contributed by atoms with E-state index in [1.165, 1.54) is 19.2 Å². The molecule has 0 aromatic heterocycles. The number of nitrogens with zero attached hydrogens (tertiary/aromatic N) is 1. The van der Waals surface area contributed by atoms with Crippen LogP contribution in [0.4, 0.5) is 0 Å². The highest BCUT2D eigenvalue weighted by atomic mass is 32.2. The highest BCUT2D eigenvalue weighted by Crippen LogP contribution is 2.44. The number of ether oxygens (including phenoxy) is 3. The smallest absolute Gasteiger partial charge is 0.252 e. The lowest BCUT2D eigenvalue weighted by Crippen LogP contribution is -2.53. The van der Waals surface area contributed by atoms with Crippen molar-refractivity contribution in [2.24, 2.45) is 4.99 Å². The molecule has 2 atom stereocenters. The van der Waals surface area contributed by atoms with Gasteiger partial charge in [0.2, 0.25) is 5.90 Å². The first-order valence-electron chi connectivity index (χ1n) is 15.7. The van der Waals surface area contributed by atoms with Gasteiger partial charge in [-0.2, -0.15) is 0 Å². The number of carbonyl (C=O) groups excluding carboxylic acids is 1. The number of nitrogens with one attached hydrogen (secondary N) is 1. The summed E-state index contributed by atoms with van der Waals surface area (Å²) in [5.74, 6) is 0.424. The van der Waals surface area contributed by atoms with Crippen LogP contribution < -0.4 is 14.8 Å². The molecule has 1 saturated carbocycles. The summed E-state index contributed by atoms with van der Waals surface area (Å²) in [6.45, 7) is 0.404. The second-order valence-electron chi connectivity index (χ2n) is 11.9. The SMILES string of the molecule is COc1cccc([C@H]2OC(c3ccc(OCCCO)cc3)=N[C@@]2(CCS(=O)(=O)c2ccccc2)C(=O)NCC2(O)CCCCC2)c1. The van der Waals surface area contributed by atoms with E-state index in [1.807, 2.05) is 0 Å². The first-order valence-corrected chi connectivity index (χ1v) is 17.4. The molecule has 246 valence electrons. The fraction of sp³-hybridized carbons (Fsp3) is 0.429. The van der Waals surface area contributed by atoms with E-state index in [4.69, 9.17) is 24.3 Å². The Morgan fingerprint density at radius 2 is 1.74 bits per heavy atom. The molecule has 3 aromatic rings. The van der Waals surface area contributed by atoms with Gasteiger partial charge in [-0.3, -0.25) is 4.79 Å². The molecule has 5 rings (SSSR count). The number of amides is 1. The molecule has 0 unspecified atom stereocenters. The van der Waals surface area contributed by atoms with Gasteiger partial charge < -0.3 is 29.7 Å². The van der Waals surface area contributed by atoms with E-state index in [2.05, 4.69) is 5.32 Å². The van der Waals surface area contributed by atoms with Crippen molar-refractivity contribution in [1.82, 2.24) is 5.32 Å². The first-order chi connectivity index (χ1) is 22.2. The molecule has 0 saturated heterocycles. The van der Waals surface area contributed by atoms with Crippen molar-refractivity contribution in [2.75, 3.05) is 32.6 Å². The maximum Gasteiger partial charge on any atom is 0.252 e. The zero-order valence-corrected chi connectivity index (χ0v) is 26.9. The first kappa shape index (κ1) is 33.4. The lowest BCUT2D eigenvalue weighted by atomic mass is 9.83. The number of carbonyl (C=O) groups is 1. The number of aliphatic imine (C=N–C) groups is 1. The van der Waals surface area contributed by atoms with Crippen LogP contribution >= 0.6 is 0 Å². The van der Waals surface area contributed by atoms with Crippen LogP contribution in [0.3, 0.4) is 0 Å². The third-order valence-electron chi connectivity index (χ3n) is 8.64. The van der Waals surface area contributed by atoms with Crippen LogP contribution in [0.5, 0.6) is 11.5 Å². The number of benzene rings is 3. The topological polar surface area (TPSA) is 144 Å². The van der Waals surface area contributed by atoms with Gasteiger partial charge in [-0.1, -0.05) is 49.6 Å². The number of hydrogen-bond acceptors (Lipinski definition) is 9. The van der Waals surface area contributed by atoms with Gasteiger partial charge in [0.1, 0.15) is 11.5 Å². The summed E-state index contributed by atoms with van der Waals surface area (Å²) in [5, 5.41) is 23.2. The molecule has 3 N–H and O–H groups in total. The van der Waals surface area contributed by atoms with Gasteiger partial charge in [-0.25, -0.2) is 13.4 Å². The molecule has 11 heteroatoms. The van der Waals surface area contributed by atoms with E-state index in [0.717, 1.165) is 19.3 Å². The van der Waals surface area contributed by atoms with Crippen molar-refractivity contribution in [3.63, 3.8) is 0 Å². The quantitative estimate of drug-likeness (QED) is 0.218. The van der Waals surface area contributed by atoms with Crippen LogP contribution in [0.1, 0.15) is 62.2 Å². The largest absolute Gasteiger partial charge is 0.497 e. The third kappa shape index (κ3) is 7.71. The monoisotopic (exact) mass is 650 g/mol. The minimum Gasteiger partial charge on any atom is -0.497 e. The zero-order valence-electron chi connectivity index (χ0n) is 26.1. The molecular formula is C35H42N2O8S. The van der Waals surface area contributed by atoms with Gasteiger partial charge in [0.25, 0.3) is 5.91 Å². The Labute approximate surface area is 270 Å². The maximum absolute atomic E-state index is 14.4. The molecular weight excluding hydrogens is 608 g/mol. The highest BCUT2D eigenvalue weighted by Gasteiger charge is 2.54. The van der Waals surface area contributed by atoms with E-state index in [9.17, 15) is 18.3 Å². The zero-order chi connectivity index (χ0) is 32.6. The van der Waals surface area contributed by atoms with Crippen LogP contribution in [-0.2, 0) is 19.4 Å². The summed E-state index contributed by atoms with van der Waals surface area (Å²) in [4.78, 5) is 19.5. The molecule has 1 aliphatic heterocycles. The lowest BCUT2D eigenvalue weighted by molar-refractivity contribution is -0.130. The van der Waals surface area contributed by atoms with Crippen LogP contribution in [0, 0.1) is 0 Å². The van der Waals surface area contributed by atoms with Crippen molar-refractivity contribution < 1.29 is 37.6 Å². The van der Waals surface area contributed by atoms with E-state index in [1.54, 1.807) is 66.7 Å². The third-order valence-corrected chi connectivity index (χ3v) is 10.4. The summed E-state index contributed by atoms with van der Waals surface area (Å²) < 4.78 is 44.7. The standard InChI is InChI=1S/C35H42N2O8S/c1-43-29-11-8-10-27(24-29)31-35(20-23-46(41,42)30-12-4-2-5-13-30,33(39)36-25-34(40)18-6-3-7-19-34)37-32(45-31)26-14-16-28(17-15-26)44-22-9-21-38/h2,4-5,8,10-17,24,31,38,40H,3,6-7,9,18-23,25H2,1H3,(H,36,39)/t31-,35-/m1/s1. The van der Waals surface area contributed by atoms with Crippen LogP contribution in [-0.4, -0.2) is 74.2 Å². The predicted molar refractivity (Wildman–Crippen MR) is 174 cm³/mol. The maximum atomic E-state index is 14.4. The second-order valence-corrected chi connectivity index (χ2v) is 14.0. The number of sulfone groups is 1. The van der Waals surface area contributed by atoms with Gasteiger partial charge in [0.05, 0.1) is 30.0 Å². The molecule has 10 nitrogen and oxygen atoms in total. The number of hydrogen-bond donors (Lipinski definition) is 3. The van der Waals surface area contributed by atoms with Crippen molar-refractivity contribution in [2.45, 2.75) is 67.1 Å². The Morgan fingerprint density at radius 1 is 1.00 bits per heavy atom. The number of methoxy groups -OCH3 is 1. The van der Waals surface area contributed by atoms with Crippen LogP contribution in [0.15, 0.2) is 88.8 Å². The van der Waals surface area contributed by atoms with E-state index in [-0.39, 0.29) is 36.1 Å². The molecule has 0 spiro atoms. The van der Waals surface area contributed by atoms with E-state index >= 15 is 0 Å². The minimum atomic E-state index is -3.80. The molecule has 0 radical (unpaired) electrons. The molecule has 1 heterocycles. The number of aliphatic hydroxyl groups excluding tert-OH is 1. The molecule has 3 aromatic carbocycles. The summed E-state index contributed by atoms with van der Waals surface area (Å²) in [5.41, 5.74) is -1.57. The predicted octanol–water partition coefficient (Wildman–Crippen LogP) is 4.39. The Bertz CT molecular complexity index is 1610. The normalized spacial score (nSPS) is 20.8. The molecule has 2 aliphatic rings. The highest BCUT2D eigenvalue weighted by molar-refractivity contribution is 7.91. The molecule has 1 fully saturated rings. The lowest BCUT2D eigenvalue weighted by Gasteiger charge is -2.35. The fourth-order valence-corrected chi connectivity index (χ4v) is 7.38. The molecule has 1 aliphatic carbocycles. The molecule has 1 amide bonds. The average Bonchev–Trinajstić information content (AvgIpc) is 3.48. The van der Waals surface area contributed by atoms with Gasteiger partial charge in [-0.15, -0.1) is 0 Å². The van der Waals surface area contributed by atoms with Crippen molar-refractivity contribution in [1.29, 1.82) is 0 Å². The van der Waals surface area contributed by atoms with Gasteiger partial charge in [-0.05, 0) is 66.9 Å². The Balaban J connectivity index is 1.55. The van der Waals surface area contributed by atoms with Crippen molar-refractivity contribution in [3.8, 4) is 11.5 Å². The van der Waals surface area contributed by atoms with Gasteiger partial charge in [0, 0.05) is 31.6 Å². The average molecular weight is 651 g/mol. The van der Waals surface area contributed by atoms with Gasteiger partial charge >= 0.3 is 0 Å². The van der Waals surface area contributed by atoms with Crippen molar-refractivity contribution >= 4 is 21.6 Å². The molecule has 0 bridgehead atoms. The second kappa shape index (κ2) is 14.7. The number of aliphatic hydroxyl groups is 2. The van der Waals surface area contributed by atoms with Crippen molar-refractivity contribution in [3.05, 3.63) is 90.0 Å². The summed E-state index contributed by atoms with van der Waals surface area (Å²) in [7, 11) is -2.26. The molecule has 46 heavy (non-hydrogen) atoms. The Hall–Kier alpha value is -3.93. The summed E-state index contributed by atoms with van der Waals surface area (Å²) >= 11 is 0. The minimum absolute atomic E-state index is 0.0224. The summed E-state index contributed by atoms with van der Waals surface area (Å²) in [6, 6.07) is 22.2. The number of rotatable bonds is 14. The van der Waals surface area contributed by atoms with Crippen LogP contribution in [0.2, 0.25) is 0 Å². The Kier molecular flexibility index (Phi) is 10.7. The van der Waals surface area contributed by atoms with Gasteiger partial charge in [0.15, 0.2) is 21.5 Å². The van der Waals surface area contributed by atoms with E-state index < -0.39 is 33.0 Å². The Morgan fingerprint density at radius 3 is 2.43 bits per heavy atom. The summed E-state index contributed by atoms with van der Waals surface area (Å²) in [6.07, 6.45) is 3.22. The van der Waals surface area contributed by atoms with E-state index in [0.29, 0.717) is 48.5 Å².